The first-order valence-electron chi connectivity index (χ1n) is 5.77. The van der Waals surface area contributed by atoms with Crippen molar-refractivity contribution in [3.05, 3.63) is 50.6 Å². The molecule has 0 amide bonds. The molecule has 0 fully saturated rings. The number of rotatable bonds is 5. The molecule has 1 heterocycles. The summed E-state index contributed by atoms with van der Waals surface area (Å²) in [7, 11) is 3.71. The number of hydrogen-bond donors (Lipinski definition) is 1. The quantitative estimate of drug-likeness (QED) is 0.896. The lowest BCUT2D eigenvalue weighted by Gasteiger charge is -2.16. The molecule has 96 valence electrons. The second-order valence-corrected chi connectivity index (χ2v) is 6.33. The van der Waals surface area contributed by atoms with Gasteiger partial charge >= 0.3 is 0 Å². The van der Waals surface area contributed by atoms with Crippen molar-refractivity contribution in [3.8, 4) is 5.75 Å². The predicted molar refractivity (Wildman–Crippen MR) is 80.5 cm³/mol. The number of ether oxygens (including phenoxy) is 1. The second kappa shape index (κ2) is 6.36. The Balaban J connectivity index is 2.20. The summed E-state index contributed by atoms with van der Waals surface area (Å²) in [6.07, 6.45) is 0.920. The van der Waals surface area contributed by atoms with Crippen LogP contribution in [0.3, 0.4) is 0 Å². The van der Waals surface area contributed by atoms with Crippen LogP contribution in [-0.4, -0.2) is 14.2 Å². The van der Waals surface area contributed by atoms with Gasteiger partial charge in [0.25, 0.3) is 0 Å². The van der Waals surface area contributed by atoms with Crippen LogP contribution in [0.25, 0.3) is 0 Å². The fourth-order valence-corrected chi connectivity index (χ4v) is 3.21. The summed E-state index contributed by atoms with van der Waals surface area (Å²) in [5.74, 6) is 0.951. The Labute approximate surface area is 120 Å². The Morgan fingerprint density at radius 3 is 2.78 bits per heavy atom. The molecule has 4 heteroatoms. The van der Waals surface area contributed by atoms with Gasteiger partial charge in [-0.2, -0.15) is 0 Å². The Bertz CT molecular complexity index is 512. The third-order valence-corrected chi connectivity index (χ3v) is 4.48. The summed E-state index contributed by atoms with van der Waals surface area (Å²) in [4.78, 5) is 0. The third kappa shape index (κ3) is 3.13. The number of benzene rings is 1. The average Bonchev–Trinajstić information content (AvgIpc) is 2.83. The molecule has 18 heavy (non-hydrogen) atoms. The molecule has 1 aromatic carbocycles. The largest absolute Gasteiger partial charge is 0.496 e. The van der Waals surface area contributed by atoms with Crippen LogP contribution in [-0.2, 0) is 6.42 Å². The molecular formula is C14H16BrNOS. The van der Waals surface area contributed by atoms with Gasteiger partial charge in [-0.05, 0) is 58.0 Å². The van der Waals surface area contributed by atoms with Crippen LogP contribution in [0.4, 0.5) is 0 Å². The molecule has 0 aliphatic heterocycles. The number of methoxy groups -OCH3 is 1. The normalized spacial score (nSPS) is 12.4. The predicted octanol–water partition coefficient (Wildman–Crippen LogP) is 4.02. The number of likely N-dealkylation sites (N-methyl/N-ethyl adjacent to an activating group) is 1. The van der Waals surface area contributed by atoms with Crippen molar-refractivity contribution >= 4 is 27.3 Å². The average molecular weight is 326 g/mol. The van der Waals surface area contributed by atoms with E-state index in [0.717, 1.165) is 16.0 Å². The van der Waals surface area contributed by atoms with Gasteiger partial charge in [0.05, 0.1) is 10.9 Å². The molecule has 1 N–H and O–H groups in total. The summed E-state index contributed by atoms with van der Waals surface area (Å²) in [6, 6.07) is 10.6. The van der Waals surface area contributed by atoms with Crippen LogP contribution < -0.4 is 10.1 Å². The SMILES string of the molecule is CNC(Cc1ccccc1OC)c1csc(Br)c1. The van der Waals surface area contributed by atoms with Crippen molar-refractivity contribution < 1.29 is 4.74 Å². The van der Waals surface area contributed by atoms with Crippen molar-refractivity contribution in [2.24, 2.45) is 0 Å². The van der Waals surface area contributed by atoms with Crippen LogP contribution in [0, 0.1) is 0 Å². The minimum atomic E-state index is 0.309. The van der Waals surface area contributed by atoms with Crippen molar-refractivity contribution in [2.45, 2.75) is 12.5 Å². The minimum absolute atomic E-state index is 0.309. The topological polar surface area (TPSA) is 21.3 Å². The van der Waals surface area contributed by atoms with Gasteiger partial charge < -0.3 is 10.1 Å². The Morgan fingerprint density at radius 2 is 2.17 bits per heavy atom. The molecule has 0 aliphatic carbocycles. The molecule has 1 unspecified atom stereocenters. The summed E-state index contributed by atoms with van der Waals surface area (Å²) >= 11 is 5.22. The van der Waals surface area contributed by atoms with Crippen LogP contribution in [0.15, 0.2) is 39.5 Å². The van der Waals surface area contributed by atoms with Gasteiger partial charge in [0.1, 0.15) is 5.75 Å². The highest BCUT2D eigenvalue weighted by atomic mass is 79.9. The van der Waals surface area contributed by atoms with Gasteiger partial charge in [0.2, 0.25) is 0 Å². The van der Waals surface area contributed by atoms with E-state index in [1.165, 1.54) is 11.1 Å². The van der Waals surface area contributed by atoms with Crippen LogP contribution in [0.2, 0.25) is 0 Å². The first-order valence-corrected chi connectivity index (χ1v) is 7.45. The maximum absolute atomic E-state index is 5.40. The molecule has 0 saturated carbocycles. The molecule has 0 radical (unpaired) electrons. The summed E-state index contributed by atoms with van der Waals surface area (Å²) in [5.41, 5.74) is 2.53. The van der Waals surface area contributed by atoms with E-state index in [2.05, 4.69) is 38.8 Å². The zero-order valence-corrected chi connectivity index (χ0v) is 12.8. The van der Waals surface area contributed by atoms with Gasteiger partial charge in [-0.15, -0.1) is 11.3 Å². The van der Waals surface area contributed by atoms with Crippen molar-refractivity contribution in [1.82, 2.24) is 5.32 Å². The van der Waals surface area contributed by atoms with Crippen molar-refractivity contribution in [3.63, 3.8) is 0 Å². The van der Waals surface area contributed by atoms with E-state index >= 15 is 0 Å². The molecular weight excluding hydrogens is 310 g/mol. The number of nitrogens with one attached hydrogen (secondary N) is 1. The van der Waals surface area contributed by atoms with E-state index in [-0.39, 0.29) is 0 Å². The lowest BCUT2D eigenvalue weighted by atomic mass is 10.0. The van der Waals surface area contributed by atoms with Crippen molar-refractivity contribution in [1.29, 1.82) is 0 Å². The fraction of sp³-hybridized carbons (Fsp3) is 0.286. The Hall–Kier alpha value is -0.840. The number of para-hydroxylation sites is 1. The Morgan fingerprint density at radius 1 is 1.39 bits per heavy atom. The molecule has 0 bridgehead atoms. The lowest BCUT2D eigenvalue weighted by molar-refractivity contribution is 0.406. The fourth-order valence-electron chi connectivity index (χ4n) is 1.98. The van der Waals surface area contributed by atoms with E-state index < -0.39 is 0 Å². The third-order valence-electron chi connectivity index (χ3n) is 2.96. The minimum Gasteiger partial charge on any atom is -0.496 e. The molecule has 0 spiro atoms. The number of hydrogen-bond acceptors (Lipinski definition) is 3. The highest BCUT2D eigenvalue weighted by molar-refractivity contribution is 9.11. The highest BCUT2D eigenvalue weighted by Gasteiger charge is 2.14. The second-order valence-electron chi connectivity index (χ2n) is 4.04. The molecule has 2 aromatic rings. The van der Waals surface area contributed by atoms with Gasteiger partial charge in [0.15, 0.2) is 0 Å². The smallest absolute Gasteiger partial charge is 0.122 e. The summed E-state index contributed by atoms with van der Waals surface area (Å²) in [6.45, 7) is 0. The van der Waals surface area contributed by atoms with Crippen LogP contribution >= 0.6 is 27.3 Å². The lowest BCUT2D eigenvalue weighted by Crippen LogP contribution is -2.18. The Kier molecular flexibility index (Phi) is 4.80. The number of halogens is 1. The van der Waals surface area contributed by atoms with Crippen LogP contribution in [0.5, 0.6) is 5.75 Å². The van der Waals surface area contributed by atoms with Gasteiger partial charge in [-0.25, -0.2) is 0 Å². The van der Waals surface area contributed by atoms with Gasteiger partial charge in [-0.1, -0.05) is 18.2 Å². The summed E-state index contributed by atoms with van der Waals surface area (Å²) in [5, 5.41) is 5.54. The van der Waals surface area contributed by atoms with Gasteiger partial charge in [0, 0.05) is 6.04 Å². The van der Waals surface area contributed by atoms with Gasteiger partial charge in [-0.3, -0.25) is 0 Å². The zero-order chi connectivity index (χ0) is 13.0. The first-order chi connectivity index (χ1) is 8.74. The van der Waals surface area contributed by atoms with Crippen molar-refractivity contribution in [2.75, 3.05) is 14.2 Å². The highest BCUT2D eigenvalue weighted by Crippen LogP contribution is 2.29. The molecule has 1 atom stereocenters. The molecule has 2 rings (SSSR count). The molecule has 0 saturated heterocycles. The molecule has 0 aliphatic rings. The zero-order valence-electron chi connectivity index (χ0n) is 10.4. The van der Waals surface area contributed by atoms with E-state index in [1.54, 1.807) is 18.4 Å². The summed E-state index contributed by atoms with van der Waals surface area (Å²) < 4.78 is 6.56. The van der Waals surface area contributed by atoms with E-state index in [9.17, 15) is 0 Å². The van der Waals surface area contributed by atoms with E-state index in [1.807, 2.05) is 25.2 Å². The first kappa shape index (κ1) is 13.6. The monoisotopic (exact) mass is 325 g/mol. The van der Waals surface area contributed by atoms with E-state index in [0.29, 0.717) is 6.04 Å². The maximum atomic E-state index is 5.40. The number of thiophene rings is 1. The van der Waals surface area contributed by atoms with E-state index in [4.69, 9.17) is 4.74 Å². The van der Waals surface area contributed by atoms with Crippen LogP contribution in [0.1, 0.15) is 17.2 Å². The standard InChI is InChI=1S/C14H16BrNOS/c1-16-12(11-8-14(15)18-9-11)7-10-5-3-4-6-13(10)17-2/h3-6,8-9,12,16H,7H2,1-2H3. The molecule has 1 aromatic heterocycles. The molecule has 2 nitrogen and oxygen atoms in total. The maximum Gasteiger partial charge on any atom is 0.122 e.